The van der Waals surface area contributed by atoms with Gasteiger partial charge in [-0.1, -0.05) is 34.1 Å². The molecule has 3 aromatic rings. The summed E-state index contributed by atoms with van der Waals surface area (Å²) in [5.74, 6) is -0.382. The first-order valence-electron chi connectivity index (χ1n) is 8.11. The predicted molar refractivity (Wildman–Crippen MR) is 107 cm³/mol. The standard InChI is InChI=1S/C20H18BrN3O2/c1-12-13(2)18(10-9-17(12)21)24-20(26)16(14(3)23-24)11-22-19(25)15-7-5-4-6-8-15/h4-11,23H,1-3H3. The molecule has 5 nitrogen and oxygen atoms in total. The second-order valence-electron chi connectivity index (χ2n) is 6.04. The van der Waals surface area contributed by atoms with Gasteiger partial charge in [-0.05, 0) is 56.2 Å². The number of carbonyl (C=O) groups excluding carboxylic acids is 1. The predicted octanol–water partition coefficient (Wildman–Crippen LogP) is 4.11. The van der Waals surface area contributed by atoms with Crippen LogP contribution in [0.3, 0.4) is 0 Å². The van der Waals surface area contributed by atoms with E-state index in [4.69, 9.17) is 0 Å². The van der Waals surface area contributed by atoms with Crippen LogP contribution in [0.25, 0.3) is 5.69 Å². The number of nitrogens with one attached hydrogen (secondary N) is 1. The van der Waals surface area contributed by atoms with E-state index in [1.165, 1.54) is 10.9 Å². The Morgan fingerprint density at radius 1 is 1.08 bits per heavy atom. The first kappa shape index (κ1) is 18.1. The van der Waals surface area contributed by atoms with Crippen LogP contribution >= 0.6 is 15.9 Å². The van der Waals surface area contributed by atoms with Crippen LogP contribution in [0.4, 0.5) is 0 Å². The van der Waals surface area contributed by atoms with Crippen molar-refractivity contribution in [3.05, 3.63) is 85.2 Å². The number of H-pyrrole nitrogens is 1. The summed E-state index contributed by atoms with van der Waals surface area (Å²) in [6, 6.07) is 12.5. The molecule has 0 aliphatic heterocycles. The van der Waals surface area contributed by atoms with Crippen molar-refractivity contribution in [1.29, 1.82) is 0 Å². The molecule has 0 atom stereocenters. The van der Waals surface area contributed by atoms with Gasteiger partial charge in [0.05, 0.1) is 11.3 Å². The number of benzene rings is 2. The summed E-state index contributed by atoms with van der Waals surface area (Å²) in [5.41, 5.74) is 4.10. The molecule has 1 aromatic heterocycles. The van der Waals surface area contributed by atoms with Crippen LogP contribution in [-0.4, -0.2) is 21.9 Å². The van der Waals surface area contributed by atoms with Crippen LogP contribution in [-0.2, 0) is 0 Å². The van der Waals surface area contributed by atoms with Crippen LogP contribution in [0.15, 0.2) is 56.7 Å². The lowest BCUT2D eigenvalue weighted by molar-refractivity contribution is 0.100. The van der Waals surface area contributed by atoms with E-state index in [0.29, 0.717) is 16.8 Å². The number of aryl methyl sites for hydroxylation is 1. The zero-order chi connectivity index (χ0) is 18.8. The summed E-state index contributed by atoms with van der Waals surface area (Å²) in [7, 11) is 0. The molecule has 2 aromatic carbocycles. The second-order valence-corrected chi connectivity index (χ2v) is 6.89. The maximum absolute atomic E-state index is 12.8. The SMILES string of the molecule is Cc1[nH]n(-c2ccc(Br)c(C)c2C)c(=O)c1C=NC(=O)c1ccccc1. The molecule has 0 aliphatic carbocycles. The number of amides is 1. The second kappa shape index (κ2) is 7.25. The summed E-state index contributed by atoms with van der Waals surface area (Å²) in [6.45, 7) is 5.74. The third kappa shape index (κ3) is 3.32. The minimum Gasteiger partial charge on any atom is -0.295 e. The lowest BCUT2D eigenvalue weighted by Gasteiger charge is -2.10. The average molecular weight is 412 g/mol. The van der Waals surface area contributed by atoms with E-state index in [1.807, 2.05) is 32.0 Å². The highest BCUT2D eigenvalue weighted by molar-refractivity contribution is 9.10. The highest BCUT2D eigenvalue weighted by Gasteiger charge is 2.14. The van der Waals surface area contributed by atoms with Gasteiger partial charge in [-0.25, -0.2) is 9.67 Å². The van der Waals surface area contributed by atoms with Gasteiger partial charge in [-0.15, -0.1) is 0 Å². The van der Waals surface area contributed by atoms with E-state index < -0.39 is 0 Å². The molecular formula is C20H18BrN3O2. The highest BCUT2D eigenvalue weighted by Crippen LogP contribution is 2.24. The largest absolute Gasteiger partial charge is 0.295 e. The lowest BCUT2D eigenvalue weighted by Crippen LogP contribution is -2.18. The van der Waals surface area contributed by atoms with Gasteiger partial charge in [-0.3, -0.25) is 14.7 Å². The minimum atomic E-state index is -0.382. The monoisotopic (exact) mass is 411 g/mol. The normalized spacial score (nSPS) is 11.2. The molecule has 1 heterocycles. The lowest BCUT2D eigenvalue weighted by atomic mass is 10.1. The van der Waals surface area contributed by atoms with Crippen molar-refractivity contribution in [3.8, 4) is 5.69 Å². The highest BCUT2D eigenvalue weighted by atomic mass is 79.9. The molecule has 3 rings (SSSR count). The molecule has 26 heavy (non-hydrogen) atoms. The van der Waals surface area contributed by atoms with Gasteiger partial charge in [0.25, 0.3) is 11.5 Å². The number of halogens is 1. The van der Waals surface area contributed by atoms with Crippen LogP contribution in [0.5, 0.6) is 0 Å². The Kier molecular flexibility index (Phi) is 5.04. The molecule has 0 bridgehead atoms. The van der Waals surface area contributed by atoms with Crippen LogP contribution < -0.4 is 5.56 Å². The van der Waals surface area contributed by atoms with Crippen LogP contribution in [0.2, 0.25) is 0 Å². The van der Waals surface area contributed by atoms with E-state index >= 15 is 0 Å². The van der Waals surface area contributed by atoms with Crippen molar-refractivity contribution >= 4 is 28.1 Å². The topological polar surface area (TPSA) is 67.2 Å². The molecule has 1 N–H and O–H groups in total. The Labute approximate surface area is 159 Å². The number of rotatable bonds is 3. The molecular weight excluding hydrogens is 394 g/mol. The number of aromatic nitrogens is 2. The first-order valence-corrected chi connectivity index (χ1v) is 8.90. The molecule has 0 fully saturated rings. The van der Waals surface area contributed by atoms with E-state index in [0.717, 1.165) is 21.3 Å². The minimum absolute atomic E-state index is 0.239. The third-order valence-electron chi connectivity index (χ3n) is 4.38. The number of nitrogens with zero attached hydrogens (tertiary/aromatic N) is 2. The smallest absolute Gasteiger partial charge is 0.280 e. The average Bonchev–Trinajstić information content (AvgIpc) is 2.92. The Hall–Kier alpha value is -2.73. The molecule has 0 saturated carbocycles. The number of hydrogen-bond acceptors (Lipinski definition) is 2. The Morgan fingerprint density at radius 2 is 1.77 bits per heavy atom. The Bertz CT molecular complexity index is 1060. The molecule has 6 heteroatoms. The number of carbonyl (C=O) groups is 1. The van der Waals surface area contributed by atoms with Gasteiger partial charge in [0, 0.05) is 21.9 Å². The van der Waals surface area contributed by atoms with Gasteiger partial charge in [-0.2, -0.15) is 0 Å². The molecule has 0 saturated heterocycles. The number of aromatic amines is 1. The molecule has 1 amide bonds. The summed E-state index contributed by atoms with van der Waals surface area (Å²) in [5, 5.41) is 3.07. The Balaban J connectivity index is 2.00. The van der Waals surface area contributed by atoms with Gasteiger partial charge in [0.15, 0.2) is 0 Å². The maximum atomic E-state index is 12.8. The van der Waals surface area contributed by atoms with E-state index in [9.17, 15) is 9.59 Å². The molecule has 0 radical (unpaired) electrons. The van der Waals surface area contributed by atoms with Crippen molar-refractivity contribution < 1.29 is 4.79 Å². The zero-order valence-corrected chi connectivity index (χ0v) is 16.3. The first-order chi connectivity index (χ1) is 12.4. The van der Waals surface area contributed by atoms with Crippen molar-refractivity contribution in [3.63, 3.8) is 0 Å². The van der Waals surface area contributed by atoms with Gasteiger partial charge >= 0.3 is 0 Å². The van der Waals surface area contributed by atoms with Crippen molar-refractivity contribution in [2.45, 2.75) is 20.8 Å². The molecule has 0 aliphatic rings. The summed E-state index contributed by atoms with van der Waals surface area (Å²) < 4.78 is 2.48. The van der Waals surface area contributed by atoms with Gasteiger partial charge in [0.1, 0.15) is 0 Å². The fourth-order valence-electron chi connectivity index (χ4n) is 2.68. The van der Waals surface area contributed by atoms with Gasteiger partial charge < -0.3 is 0 Å². The fourth-order valence-corrected chi connectivity index (χ4v) is 3.10. The third-order valence-corrected chi connectivity index (χ3v) is 5.24. The van der Waals surface area contributed by atoms with Crippen molar-refractivity contribution in [2.75, 3.05) is 0 Å². The molecule has 132 valence electrons. The number of hydrogen-bond donors (Lipinski definition) is 1. The molecule has 0 unspecified atom stereocenters. The van der Waals surface area contributed by atoms with E-state index in [1.54, 1.807) is 31.2 Å². The van der Waals surface area contributed by atoms with E-state index in [-0.39, 0.29) is 11.5 Å². The maximum Gasteiger partial charge on any atom is 0.280 e. The van der Waals surface area contributed by atoms with E-state index in [2.05, 4.69) is 26.0 Å². The summed E-state index contributed by atoms with van der Waals surface area (Å²) in [6.07, 6.45) is 1.33. The fraction of sp³-hybridized carbons (Fsp3) is 0.150. The number of aliphatic imine (C=N–C) groups is 1. The molecule has 0 spiro atoms. The quantitative estimate of drug-likeness (QED) is 0.658. The van der Waals surface area contributed by atoms with Crippen LogP contribution in [0.1, 0.15) is 32.7 Å². The van der Waals surface area contributed by atoms with Crippen LogP contribution in [0, 0.1) is 20.8 Å². The van der Waals surface area contributed by atoms with Crippen molar-refractivity contribution in [2.24, 2.45) is 4.99 Å². The van der Waals surface area contributed by atoms with Gasteiger partial charge in [0.2, 0.25) is 0 Å². The summed E-state index contributed by atoms with van der Waals surface area (Å²) in [4.78, 5) is 28.9. The summed E-state index contributed by atoms with van der Waals surface area (Å²) >= 11 is 3.50. The van der Waals surface area contributed by atoms with Crippen molar-refractivity contribution in [1.82, 2.24) is 9.78 Å². The Morgan fingerprint density at radius 3 is 2.46 bits per heavy atom. The zero-order valence-electron chi connectivity index (χ0n) is 14.7.